The summed E-state index contributed by atoms with van der Waals surface area (Å²) in [4.78, 5) is 36.7. The van der Waals surface area contributed by atoms with Gasteiger partial charge < -0.3 is 15.5 Å². The van der Waals surface area contributed by atoms with Crippen LogP contribution in [0.1, 0.15) is 24.2 Å². The predicted octanol–water partition coefficient (Wildman–Crippen LogP) is 2.13. The molecule has 2 aromatic carbocycles. The maximum Gasteiger partial charge on any atom is 0.282 e. The van der Waals surface area contributed by atoms with Crippen LogP contribution in [0, 0.1) is 0 Å². The second kappa shape index (κ2) is 9.43. The van der Waals surface area contributed by atoms with Crippen LogP contribution in [-0.2, 0) is 9.59 Å². The average molecular weight is 433 g/mol. The lowest BCUT2D eigenvalue weighted by Gasteiger charge is -2.20. The van der Waals surface area contributed by atoms with Gasteiger partial charge >= 0.3 is 0 Å². The predicted molar refractivity (Wildman–Crippen MR) is 109 cm³/mol. The van der Waals surface area contributed by atoms with Gasteiger partial charge in [-0.3, -0.25) is 14.4 Å². The van der Waals surface area contributed by atoms with E-state index in [4.69, 9.17) is 0 Å². The van der Waals surface area contributed by atoms with Gasteiger partial charge in [0.05, 0.1) is 12.7 Å². The number of carbonyl (C=O) groups is 3. The van der Waals surface area contributed by atoms with E-state index in [0.29, 0.717) is 16.9 Å². The van der Waals surface area contributed by atoms with Crippen molar-refractivity contribution in [3.8, 4) is 0 Å². The fraction of sp³-hybridized carbons (Fsp3) is 0.250. The number of anilines is 2. The van der Waals surface area contributed by atoms with Gasteiger partial charge in [0.2, 0.25) is 0 Å². The Labute approximate surface area is 167 Å². The van der Waals surface area contributed by atoms with Crippen molar-refractivity contribution in [2.45, 2.75) is 19.9 Å². The highest BCUT2D eigenvalue weighted by atomic mass is 79.9. The van der Waals surface area contributed by atoms with Crippen LogP contribution in [0.2, 0.25) is 0 Å². The number of amides is 2. The van der Waals surface area contributed by atoms with Crippen molar-refractivity contribution >= 4 is 44.9 Å². The third-order valence-electron chi connectivity index (χ3n) is 4.28. The molecule has 142 valence electrons. The standard InChI is InChI=1S/C20H22BrN3O3/c1-13(20(27)22-16-10-8-15(9-11-16)14(2)25)24(3)12-19(26)23-18-7-5-4-6-17(18)21/h4-11,13H,12H2,1-3H3,(H,22,27)(H,23,26)/p+1/t13-/m1/s1. The Balaban J connectivity index is 1.90. The van der Waals surface area contributed by atoms with Crippen molar-refractivity contribution in [2.24, 2.45) is 0 Å². The zero-order chi connectivity index (χ0) is 20.0. The van der Waals surface area contributed by atoms with Crippen LogP contribution < -0.4 is 15.5 Å². The van der Waals surface area contributed by atoms with Crippen molar-refractivity contribution in [3.63, 3.8) is 0 Å². The normalized spacial score (nSPS) is 12.7. The molecule has 0 aliphatic heterocycles. The lowest BCUT2D eigenvalue weighted by Crippen LogP contribution is -3.14. The highest BCUT2D eigenvalue weighted by Gasteiger charge is 2.24. The number of hydrogen-bond donors (Lipinski definition) is 3. The minimum Gasteiger partial charge on any atom is -0.321 e. The molecule has 0 saturated heterocycles. The Morgan fingerprint density at radius 1 is 1.04 bits per heavy atom. The third kappa shape index (κ3) is 6.01. The van der Waals surface area contributed by atoms with Crippen LogP contribution in [0.4, 0.5) is 11.4 Å². The summed E-state index contributed by atoms with van der Waals surface area (Å²) in [6.07, 6.45) is 0. The van der Waals surface area contributed by atoms with Gasteiger partial charge in [-0.2, -0.15) is 0 Å². The number of rotatable bonds is 7. The zero-order valence-electron chi connectivity index (χ0n) is 15.5. The van der Waals surface area contributed by atoms with Gasteiger partial charge in [0.25, 0.3) is 11.8 Å². The van der Waals surface area contributed by atoms with Gasteiger partial charge in [-0.05, 0) is 66.2 Å². The van der Waals surface area contributed by atoms with E-state index in [1.54, 1.807) is 44.3 Å². The summed E-state index contributed by atoms with van der Waals surface area (Å²) >= 11 is 3.39. The molecule has 0 bridgehead atoms. The van der Waals surface area contributed by atoms with E-state index in [1.807, 2.05) is 18.2 Å². The number of Topliss-reactive ketones (excluding diaryl/α,β-unsaturated/α-hetero) is 1. The van der Waals surface area contributed by atoms with Gasteiger partial charge in [0, 0.05) is 15.7 Å². The summed E-state index contributed by atoms with van der Waals surface area (Å²) in [6.45, 7) is 3.41. The van der Waals surface area contributed by atoms with Gasteiger partial charge in [-0.25, -0.2) is 0 Å². The average Bonchev–Trinajstić information content (AvgIpc) is 2.63. The molecule has 3 N–H and O–H groups in total. The van der Waals surface area contributed by atoms with E-state index in [9.17, 15) is 14.4 Å². The smallest absolute Gasteiger partial charge is 0.282 e. The first-order chi connectivity index (χ1) is 12.8. The quantitative estimate of drug-likeness (QED) is 0.586. The van der Waals surface area contributed by atoms with Crippen LogP contribution in [0.15, 0.2) is 53.0 Å². The van der Waals surface area contributed by atoms with E-state index in [1.165, 1.54) is 6.92 Å². The molecule has 0 radical (unpaired) electrons. The molecule has 0 spiro atoms. The van der Waals surface area contributed by atoms with E-state index < -0.39 is 6.04 Å². The summed E-state index contributed by atoms with van der Waals surface area (Å²) < 4.78 is 0.802. The maximum atomic E-state index is 12.4. The first-order valence-electron chi connectivity index (χ1n) is 8.56. The largest absolute Gasteiger partial charge is 0.321 e. The second-order valence-corrected chi connectivity index (χ2v) is 7.25. The van der Waals surface area contributed by atoms with Crippen molar-refractivity contribution in [1.29, 1.82) is 0 Å². The molecule has 27 heavy (non-hydrogen) atoms. The van der Waals surface area contributed by atoms with Crippen LogP contribution in [0.25, 0.3) is 0 Å². The molecule has 6 nitrogen and oxygen atoms in total. The number of carbonyl (C=O) groups excluding carboxylic acids is 3. The molecular weight excluding hydrogens is 410 g/mol. The van der Waals surface area contributed by atoms with Crippen molar-refractivity contribution < 1.29 is 19.3 Å². The Hall–Kier alpha value is -2.51. The fourth-order valence-electron chi connectivity index (χ4n) is 2.43. The molecule has 2 amide bonds. The molecule has 0 saturated carbocycles. The summed E-state index contributed by atoms with van der Waals surface area (Å²) in [5.74, 6) is -0.400. The van der Waals surface area contributed by atoms with Crippen molar-refractivity contribution in [3.05, 3.63) is 58.6 Å². The third-order valence-corrected chi connectivity index (χ3v) is 4.97. The Morgan fingerprint density at radius 3 is 2.26 bits per heavy atom. The number of benzene rings is 2. The minimum absolute atomic E-state index is 0.0264. The number of quaternary nitrogens is 1. The van der Waals surface area contributed by atoms with Crippen LogP contribution in [0.5, 0.6) is 0 Å². The van der Waals surface area contributed by atoms with Gasteiger partial charge in [0.1, 0.15) is 0 Å². The highest BCUT2D eigenvalue weighted by Crippen LogP contribution is 2.20. The van der Waals surface area contributed by atoms with Crippen LogP contribution in [-0.4, -0.2) is 37.2 Å². The van der Waals surface area contributed by atoms with E-state index in [2.05, 4.69) is 26.6 Å². The van der Waals surface area contributed by atoms with E-state index in [-0.39, 0.29) is 24.1 Å². The van der Waals surface area contributed by atoms with E-state index >= 15 is 0 Å². The Morgan fingerprint density at radius 2 is 1.67 bits per heavy atom. The van der Waals surface area contributed by atoms with Gasteiger partial charge in [-0.1, -0.05) is 12.1 Å². The molecule has 0 heterocycles. The first kappa shape index (κ1) is 20.8. The number of ketones is 1. The van der Waals surface area contributed by atoms with Crippen LogP contribution >= 0.6 is 15.9 Å². The molecule has 0 aliphatic carbocycles. The summed E-state index contributed by atoms with van der Waals surface area (Å²) in [5.41, 5.74) is 1.90. The monoisotopic (exact) mass is 432 g/mol. The number of para-hydroxylation sites is 1. The number of hydrogen-bond acceptors (Lipinski definition) is 3. The Bertz CT molecular complexity index is 837. The minimum atomic E-state index is -0.428. The Kier molecular flexibility index (Phi) is 7.27. The van der Waals surface area contributed by atoms with E-state index in [0.717, 1.165) is 9.37 Å². The lowest BCUT2D eigenvalue weighted by atomic mass is 10.1. The van der Waals surface area contributed by atoms with Gasteiger partial charge in [-0.15, -0.1) is 0 Å². The zero-order valence-corrected chi connectivity index (χ0v) is 17.1. The number of halogens is 1. The maximum absolute atomic E-state index is 12.4. The summed E-state index contributed by atoms with van der Waals surface area (Å²) in [7, 11) is 1.79. The fourth-order valence-corrected chi connectivity index (χ4v) is 2.81. The highest BCUT2D eigenvalue weighted by molar-refractivity contribution is 9.10. The second-order valence-electron chi connectivity index (χ2n) is 6.40. The van der Waals surface area contributed by atoms with Crippen LogP contribution in [0.3, 0.4) is 0 Å². The first-order valence-corrected chi connectivity index (χ1v) is 9.35. The molecule has 0 aromatic heterocycles. The molecule has 7 heteroatoms. The SMILES string of the molecule is CC(=O)c1ccc(NC(=O)[C@@H](C)[NH+](C)CC(=O)Nc2ccccc2Br)cc1. The lowest BCUT2D eigenvalue weighted by molar-refractivity contribution is -0.885. The molecule has 2 rings (SSSR count). The number of nitrogens with one attached hydrogen (secondary N) is 3. The molecule has 0 aliphatic rings. The molecule has 1 unspecified atom stereocenters. The summed E-state index contributed by atoms with van der Waals surface area (Å²) in [6, 6.07) is 13.7. The number of likely N-dealkylation sites (N-methyl/N-ethyl adjacent to an activating group) is 1. The van der Waals surface area contributed by atoms with Gasteiger partial charge in [0.15, 0.2) is 18.4 Å². The van der Waals surface area contributed by atoms with Crippen molar-refractivity contribution in [1.82, 2.24) is 0 Å². The molecular formula is C20H23BrN3O3+. The summed E-state index contributed by atoms with van der Waals surface area (Å²) in [5, 5.41) is 5.64. The topological polar surface area (TPSA) is 79.7 Å². The molecule has 0 fully saturated rings. The molecule has 2 atom stereocenters. The van der Waals surface area contributed by atoms with Crippen molar-refractivity contribution in [2.75, 3.05) is 24.2 Å². The molecule has 2 aromatic rings.